The molecule has 10 aliphatic rings. The van der Waals surface area contributed by atoms with E-state index in [4.69, 9.17) is 39.2 Å². The molecule has 12 heterocycles. The highest BCUT2D eigenvalue weighted by molar-refractivity contribution is 9.11. The van der Waals surface area contributed by atoms with Gasteiger partial charge in [-0.3, -0.25) is 24.0 Å². The van der Waals surface area contributed by atoms with Crippen LogP contribution in [0.2, 0.25) is 0 Å². The number of carboxylic acid groups (broad SMARTS) is 3. The van der Waals surface area contributed by atoms with E-state index < -0.39 is 77.7 Å². The lowest BCUT2D eigenvalue weighted by molar-refractivity contribution is -0.944. The van der Waals surface area contributed by atoms with Crippen LogP contribution in [0.15, 0.2) is 85.7 Å². The molecule has 680 valence electrons. The van der Waals surface area contributed by atoms with Gasteiger partial charge in [0.1, 0.15) is 29.5 Å². The molecule has 0 radical (unpaired) electrons. The SMILES string of the molecule is CC(=O)OCCCC[N+]12CCC(CC1)[C@@H](NC(=O)C(O)(c1ccc(F)c(C)c1)c1ccc(Br)s1)C2.CCOC(=O)CCCC[N+]12CCC(CC1)[C@@H](NC(=O)C(O)(c1ccc(F)c(C)c1)c1ccc(Br)s1)C2.O=C(N[C@H]1C[N+]2(CCCC(F)(F)F)CCC1CC2)C(O)(c1cccs1)C1CCCC1.O=C([O-])C(F)(F)F.O=C([O-])C(F)(F)F.O=C([O-])C(F)(F)F. The van der Waals surface area contributed by atoms with Gasteiger partial charge in [-0.15, -0.1) is 34.0 Å². The summed E-state index contributed by atoms with van der Waals surface area (Å²) in [5.74, 6) is -10.4. The molecule has 3 amide bonds. The van der Waals surface area contributed by atoms with Crippen LogP contribution in [0.5, 0.6) is 0 Å². The number of quaternary nitrogens is 3. The van der Waals surface area contributed by atoms with Crippen molar-refractivity contribution < 1.29 is 153 Å². The summed E-state index contributed by atoms with van der Waals surface area (Å²) in [5.41, 5.74) is -3.84. The molecule has 1 aliphatic carbocycles. The summed E-state index contributed by atoms with van der Waals surface area (Å²) in [6, 6.07) is 19.3. The van der Waals surface area contributed by atoms with E-state index in [0.29, 0.717) is 91.8 Å². The van der Waals surface area contributed by atoms with E-state index in [2.05, 4.69) is 47.8 Å². The fourth-order valence-corrected chi connectivity index (χ4v) is 21.2. The molecule has 6 bridgehead atoms. The van der Waals surface area contributed by atoms with Crippen molar-refractivity contribution in [3.63, 3.8) is 0 Å². The maximum Gasteiger partial charge on any atom is 0.430 e. The van der Waals surface area contributed by atoms with Crippen LogP contribution < -0.4 is 31.3 Å². The lowest BCUT2D eigenvalue weighted by Gasteiger charge is -2.53. The molecule has 10 fully saturated rings. The number of fused-ring (bicyclic) bond motifs is 9. The minimum atomic E-state index is -5.19. The second kappa shape index (κ2) is 43.5. The van der Waals surface area contributed by atoms with Gasteiger partial charge in [-0.05, 0) is 191 Å². The van der Waals surface area contributed by atoms with Crippen LogP contribution in [0.25, 0.3) is 0 Å². The summed E-state index contributed by atoms with van der Waals surface area (Å²) in [6.45, 7) is 18.3. The van der Waals surface area contributed by atoms with Crippen LogP contribution in [-0.2, 0) is 64.6 Å². The Hall–Kier alpha value is -6.96. The van der Waals surface area contributed by atoms with Crippen molar-refractivity contribution in [2.45, 2.75) is 196 Å². The number of aryl methyl sites for hydroxylation is 2. The quantitative estimate of drug-likeness (QED) is 0.0130. The van der Waals surface area contributed by atoms with E-state index in [1.54, 1.807) is 50.2 Å². The molecule has 9 saturated heterocycles. The fourth-order valence-electron chi connectivity index (χ4n) is 17.3. The topological polar surface area (TPSA) is 321 Å². The van der Waals surface area contributed by atoms with Crippen LogP contribution in [0.3, 0.4) is 0 Å². The Balaban J connectivity index is 0.000000225. The number of alkyl halides is 12. The number of piperidine rings is 9. The average Bonchev–Trinajstić information content (AvgIpc) is 1.29. The molecular formula is C81H100Br2F14N6O16S3. The first-order chi connectivity index (χ1) is 56.8. The number of ether oxygens (including phenoxy) is 2. The molecular weight excluding hydrogens is 1830 g/mol. The van der Waals surface area contributed by atoms with Gasteiger partial charge in [-0.2, -0.15) is 52.7 Å². The number of nitrogens with zero attached hydrogens (tertiary/aromatic N) is 3. The lowest BCUT2D eigenvalue weighted by Crippen LogP contribution is -2.68. The number of thiophene rings is 3. The van der Waals surface area contributed by atoms with Crippen LogP contribution >= 0.6 is 65.9 Å². The number of aliphatic carboxylic acids is 3. The zero-order valence-electron chi connectivity index (χ0n) is 67.2. The molecule has 3 aromatic heterocycles. The Morgan fingerprint density at radius 3 is 1.19 bits per heavy atom. The number of carboxylic acids is 3. The van der Waals surface area contributed by atoms with Gasteiger partial charge in [0.15, 0.2) is 5.60 Å². The van der Waals surface area contributed by atoms with Crippen molar-refractivity contribution in [2.24, 2.45) is 23.7 Å². The molecule has 0 spiro atoms. The Bertz CT molecular complexity index is 4280. The van der Waals surface area contributed by atoms with Crippen LogP contribution in [0.1, 0.15) is 160 Å². The molecule has 1 saturated carbocycles. The first-order valence-electron chi connectivity index (χ1n) is 39.8. The van der Waals surface area contributed by atoms with E-state index in [1.807, 2.05) is 24.4 Å². The van der Waals surface area contributed by atoms with Crippen LogP contribution in [0, 0.1) is 49.2 Å². The first-order valence-corrected chi connectivity index (χ1v) is 43.9. The summed E-state index contributed by atoms with van der Waals surface area (Å²) < 4.78 is 175. The number of hydrogen-bond acceptors (Lipinski definition) is 19. The van der Waals surface area contributed by atoms with Crippen molar-refractivity contribution in [3.8, 4) is 0 Å². The number of hydrogen-bond donors (Lipinski definition) is 6. The Morgan fingerprint density at radius 2 is 0.869 bits per heavy atom. The smallest absolute Gasteiger partial charge is 0.430 e. The van der Waals surface area contributed by atoms with Crippen LogP contribution in [0.4, 0.5) is 61.5 Å². The Morgan fingerprint density at radius 1 is 0.500 bits per heavy atom. The molecule has 9 aliphatic heterocycles. The first kappa shape index (κ1) is 102. The number of carbonyl (C=O) groups is 8. The second-order valence-corrected chi connectivity index (χ2v) is 37.9. The molecule has 2 aromatic carbocycles. The molecule has 6 atom stereocenters. The number of halogens is 16. The highest BCUT2D eigenvalue weighted by Crippen LogP contribution is 2.46. The molecule has 41 heteroatoms. The normalized spacial score (nSPS) is 24.3. The Labute approximate surface area is 724 Å². The van der Waals surface area contributed by atoms with E-state index >= 15 is 0 Å². The third-order valence-corrected chi connectivity index (χ3v) is 28.3. The minimum absolute atomic E-state index is 0.0325. The van der Waals surface area contributed by atoms with Gasteiger partial charge in [0.25, 0.3) is 17.7 Å². The second-order valence-electron chi connectivity index (χ2n) is 32.0. The highest BCUT2D eigenvalue weighted by Gasteiger charge is 2.55. The summed E-state index contributed by atoms with van der Waals surface area (Å²) in [7, 11) is 0. The number of rotatable bonds is 26. The minimum Gasteiger partial charge on any atom is -0.542 e. The van der Waals surface area contributed by atoms with E-state index in [0.717, 1.165) is 172 Å². The highest BCUT2D eigenvalue weighted by atomic mass is 79.9. The standard InChI is InChI=1S/C27H34BrFN2O4S.C26H32BrFN2O4S.C22H31F3N2O2S.3C2HF3O2/c1-3-35-25(32)6-4-5-13-31-14-11-19(12-15-31)22(17-31)30-26(33)27(34,23-9-10-24(28)36-23)20-7-8-21(29)18(2)16-20;1-17-15-20(5-6-21(17)28)26(33,23-7-8-24(27)35-23)25(32)29-22-16-30(12-9-19(22)10-13-30)11-3-4-14-34-18(2)31;23-21(24,25)10-4-11-27-12-8-16(9-13-27)18(15-27)26-20(28)22(29,17-5-1-2-6-17)19-7-3-14-30-19;3*3-2(4,5)1(6)7/h7-10,16,19,22,34H,3-6,11-15,17H2,1-2H3;5-8,15,19,22,33H,3-4,9-14,16H2,1-2H3;3,7,14,16-18,29H,1-2,4-6,8-13,15H2;3*(H,6,7)/t19?,22-,27?,31?;19?,22-,26?,30?;16?,18-,22?,27?;;;/m000.../s1. The van der Waals surface area contributed by atoms with Gasteiger partial charge >= 0.3 is 36.6 Å². The van der Waals surface area contributed by atoms with Gasteiger partial charge in [0.05, 0.1) is 127 Å². The molecule has 5 aromatic rings. The van der Waals surface area contributed by atoms with Gasteiger partial charge in [0, 0.05) is 75.5 Å². The fraction of sp³-hybridized carbons (Fsp3) is 0.605. The summed E-state index contributed by atoms with van der Waals surface area (Å²) in [4.78, 5) is 91.7. The maximum atomic E-state index is 14.0. The summed E-state index contributed by atoms with van der Waals surface area (Å²) in [5, 5.41) is 73.2. The maximum absolute atomic E-state index is 14.0. The van der Waals surface area contributed by atoms with E-state index in [1.165, 1.54) is 65.2 Å². The third kappa shape index (κ3) is 27.8. The predicted molar refractivity (Wildman–Crippen MR) is 420 cm³/mol. The largest absolute Gasteiger partial charge is 0.542 e. The number of aliphatic hydroxyl groups is 3. The number of amides is 3. The van der Waals surface area contributed by atoms with Gasteiger partial charge in [-0.25, -0.2) is 8.78 Å². The monoisotopic (exact) mass is 1930 g/mol. The van der Waals surface area contributed by atoms with E-state index in [-0.39, 0.29) is 59.9 Å². The van der Waals surface area contributed by atoms with Crippen molar-refractivity contribution in [1.29, 1.82) is 0 Å². The number of nitrogens with one attached hydrogen (secondary N) is 3. The van der Waals surface area contributed by atoms with Crippen molar-refractivity contribution in [2.75, 3.05) is 91.8 Å². The lowest BCUT2D eigenvalue weighted by atomic mass is 9.79. The van der Waals surface area contributed by atoms with Crippen LogP contribution in [-0.4, -0.2) is 211 Å². The molecule has 122 heavy (non-hydrogen) atoms. The van der Waals surface area contributed by atoms with Crippen molar-refractivity contribution in [3.05, 3.63) is 134 Å². The number of carbonyl (C=O) groups excluding carboxylic acids is 8. The number of benzene rings is 2. The molecule has 3 unspecified atom stereocenters. The van der Waals surface area contributed by atoms with Crippen molar-refractivity contribution >= 4 is 113 Å². The zero-order chi connectivity index (χ0) is 90.8. The average molecular weight is 1940 g/mol. The predicted octanol–water partition coefficient (Wildman–Crippen LogP) is 11.0. The third-order valence-electron chi connectivity index (χ3n) is 23.8. The van der Waals surface area contributed by atoms with E-state index in [9.17, 15) is 101 Å². The summed E-state index contributed by atoms with van der Waals surface area (Å²) in [6.07, 6.45) is -6.62. The van der Waals surface area contributed by atoms with Gasteiger partial charge in [-0.1, -0.05) is 31.0 Å². The summed E-state index contributed by atoms with van der Waals surface area (Å²) >= 11 is 10.9. The van der Waals surface area contributed by atoms with Gasteiger partial charge < -0.3 is 83.9 Å². The number of esters is 2. The number of unbranched alkanes of at least 4 members (excludes halogenated alkanes) is 2. The van der Waals surface area contributed by atoms with Crippen molar-refractivity contribution in [1.82, 2.24) is 16.0 Å². The zero-order valence-corrected chi connectivity index (χ0v) is 72.9. The molecule has 15 rings (SSSR count). The Kier molecular flexibility index (Phi) is 36.4. The molecule has 22 nitrogen and oxygen atoms in total. The molecule has 6 N–H and O–H groups in total. The van der Waals surface area contributed by atoms with Gasteiger partial charge in [0.2, 0.25) is 11.2 Å².